The van der Waals surface area contributed by atoms with Crippen molar-refractivity contribution in [3.8, 4) is 5.75 Å². The second-order valence-electron chi connectivity index (χ2n) is 4.12. The Morgan fingerprint density at radius 2 is 1.95 bits per heavy atom. The highest BCUT2D eigenvalue weighted by Gasteiger charge is 2.06. The van der Waals surface area contributed by atoms with E-state index >= 15 is 0 Å². The topological polar surface area (TPSA) is 60.5 Å². The standard InChI is InChI=1S/C15H16N2O3/c1-19-13-5-3-11(4-6-13)10-17-14-9-12(7-8-16-14)15(18)20-2/h3-9H,10H2,1-2H3,(H,16,17). The Morgan fingerprint density at radius 3 is 2.60 bits per heavy atom. The molecule has 2 aromatic rings. The first-order valence-corrected chi connectivity index (χ1v) is 6.14. The average molecular weight is 272 g/mol. The van der Waals surface area contributed by atoms with Gasteiger partial charge in [-0.05, 0) is 29.8 Å². The highest BCUT2D eigenvalue weighted by molar-refractivity contribution is 5.89. The van der Waals surface area contributed by atoms with Crippen LogP contribution < -0.4 is 10.1 Å². The number of benzene rings is 1. The van der Waals surface area contributed by atoms with Crippen molar-refractivity contribution in [3.63, 3.8) is 0 Å². The van der Waals surface area contributed by atoms with Gasteiger partial charge in [-0.1, -0.05) is 12.1 Å². The van der Waals surface area contributed by atoms with E-state index in [0.29, 0.717) is 17.9 Å². The van der Waals surface area contributed by atoms with Crippen molar-refractivity contribution in [2.75, 3.05) is 19.5 Å². The molecular weight excluding hydrogens is 256 g/mol. The maximum atomic E-state index is 11.4. The van der Waals surface area contributed by atoms with E-state index in [-0.39, 0.29) is 5.97 Å². The third-order valence-electron chi connectivity index (χ3n) is 2.81. The average Bonchev–Trinajstić information content (AvgIpc) is 2.53. The van der Waals surface area contributed by atoms with Crippen LogP contribution in [0.2, 0.25) is 0 Å². The molecule has 20 heavy (non-hydrogen) atoms. The molecule has 0 saturated heterocycles. The van der Waals surface area contributed by atoms with Crippen LogP contribution in [0.1, 0.15) is 15.9 Å². The molecule has 1 N–H and O–H groups in total. The second kappa shape index (κ2) is 6.56. The maximum Gasteiger partial charge on any atom is 0.338 e. The highest BCUT2D eigenvalue weighted by atomic mass is 16.5. The SMILES string of the molecule is COC(=O)c1ccnc(NCc2ccc(OC)cc2)c1. The molecule has 0 aliphatic rings. The van der Waals surface area contributed by atoms with E-state index in [2.05, 4.69) is 15.0 Å². The van der Waals surface area contributed by atoms with Crippen molar-refractivity contribution < 1.29 is 14.3 Å². The molecule has 104 valence electrons. The van der Waals surface area contributed by atoms with Crippen LogP contribution in [0, 0.1) is 0 Å². The van der Waals surface area contributed by atoms with E-state index in [1.54, 1.807) is 25.4 Å². The number of rotatable bonds is 5. The summed E-state index contributed by atoms with van der Waals surface area (Å²) in [4.78, 5) is 15.6. The molecule has 5 nitrogen and oxygen atoms in total. The number of hydrogen-bond donors (Lipinski definition) is 1. The fourth-order valence-corrected chi connectivity index (χ4v) is 1.71. The van der Waals surface area contributed by atoms with Crippen molar-refractivity contribution in [1.29, 1.82) is 0 Å². The van der Waals surface area contributed by atoms with Gasteiger partial charge in [-0.15, -0.1) is 0 Å². The summed E-state index contributed by atoms with van der Waals surface area (Å²) < 4.78 is 9.77. The molecule has 0 saturated carbocycles. The van der Waals surface area contributed by atoms with Crippen LogP contribution in [0.4, 0.5) is 5.82 Å². The van der Waals surface area contributed by atoms with Crippen molar-refractivity contribution >= 4 is 11.8 Å². The largest absolute Gasteiger partial charge is 0.497 e. The molecule has 0 atom stereocenters. The van der Waals surface area contributed by atoms with E-state index in [4.69, 9.17) is 4.74 Å². The maximum absolute atomic E-state index is 11.4. The Balaban J connectivity index is 2.01. The molecule has 0 aliphatic carbocycles. The van der Waals surface area contributed by atoms with Crippen molar-refractivity contribution in [2.24, 2.45) is 0 Å². The minimum atomic E-state index is -0.375. The molecule has 0 amide bonds. The number of nitrogens with zero attached hydrogens (tertiary/aromatic N) is 1. The molecule has 0 unspecified atom stereocenters. The van der Waals surface area contributed by atoms with E-state index in [9.17, 15) is 4.79 Å². The third kappa shape index (κ3) is 3.47. The predicted molar refractivity (Wildman–Crippen MR) is 75.9 cm³/mol. The minimum absolute atomic E-state index is 0.375. The molecule has 0 aliphatic heterocycles. The van der Waals surface area contributed by atoms with Gasteiger partial charge in [0.1, 0.15) is 11.6 Å². The number of pyridine rings is 1. The number of ether oxygens (including phenoxy) is 2. The van der Waals surface area contributed by atoms with E-state index in [0.717, 1.165) is 11.3 Å². The lowest BCUT2D eigenvalue weighted by molar-refractivity contribution is 0.0600. The second-order valence-corrected chi connectivity index (χ2v) is 4.12. The fraction of sp³-hybridized carbons (Fsp3) is 0.200. The van der Waals surface area contributed by atoms with Gasteiger partial charge < -0.3 is 14.8 Å². The Morgan fingerprint density at radius 1 is 1.20 bits per heavy atom. The summed E-state index contributed by atoms with van der Waals surface area (Å²) in [6, 6.07) is 11.0. The van der Waals surface area contributed by atoms with Gasteiger partial charge in [0.15, 0.2) is 0 Å². The van der Waals surface area contributed by atoms with Crippen molar-refractivity contribution in [1.82, 2.24) is 4.98 Å². The predicted octanol–water partition coefficient (Wildman–Crippen LogP) is 2.49. The summed E-state index contributed by atoms with van der Waals surface area (Å²) in [5, 5.41) is 3.16. The lowest BCUT2D eigenvalue weighted by Crippen LogP contribution is -2.05. The highest BCUT2D eigenvalue weighted by Crippen LogP contribution is 2.13. The number of aromatic nitrogens is 1. The van der Waals surface area contributed by atoms with Gasteiger partial charge in [0.25, 0.3) is 0 Å². The Bertz CT molecular complexity index is 582. The molecular formula is C15H16N2O3. The molecule has 0 bridgehead atoms. The number of nitrogens with one attached hydrogen (secondary N) is 1. The first-order valence-electron chi connectivity index (χ1n) is 6.14. The summed E-state index contributed by atoms with van der Waals surface area (Å²) in [5.74, 6) is 1.07. The zero-order valence-electron chi connectivity index (χ0n) is 11.4. The Hall–Kier alpha value is -2.56. The number of methoxy groups -OCH3 is 2. The number of carbonyl (C=O) groups is 1. The summed E-state index contributed by atoms with van der Waals surface area (Å²) >= 11 is 0. The quantitative estimate of drug-likeness (QED) is 0.847. The minimum Gasteiger partial charge on any atom is -0.497 e. The van der Waals surface area contributed by atoms with Crippen LogP contribution in [-0.2, 0) is 11.3 Å². The monoisotopic (exact) mass is 272 g/mol. The van der Waals surface area contributed by atoms with E-state index < -0.39 is 0 Å². The number of anilines is 1. The van der Waals surface area contributed by atoms with Gasteiger partial charge >= 0.3 is 5.97 Å². The van der Waals surface area contributed by atoms with E-state index in [1.807, 2.05) is 24.3 Å². The van der Waals surface area contributed by atoms with Crippen LogP contribution in [0.3, 0.4) is 0 Å². The smallest absolute Gasteiger partial charge is 0.338 e. The summed E-state index contributed by atoms with van der Waals surface area (Å²) in [6.45, 7) is 0.613. The Kier molecular flexibility index (Phi) is 4.55. The number of carbonyl (C=O) groups excluding carboxylic acids is 1. The zero-order valence-corrected chi connectivity index (χ0v) is 11.4. The van der Waals surface area contributed by atoms with Crippen molar-refractivity contribution in [3.05, 3.63) is 53.7 Å². The molecule has 5 heteroatoms. The Labute approximate surface area is 117 Å². The third-order valence-corrected chi connectivity index (χ3v) is 2.81. The molecule has 0 fully saturated rings. The van der Waals surface area contributed by atoms with Crippen LogP contribution >= 0.6 is 0 Å². The van der Waals surface area contributed by atoms with Gasteiger partial charge in [-0.25, -0.2) is 9.78 Å². The lowest BCUT2D eigenvalue weighted by atomic mass is 10.2. The van der Waals surface area contributed by atoms with Gasteiger partial charge in [-0.3, -0.25) is 0 Å². The van der Waals surface area contributed by atoms with Gasteiger partial charge in [0.05, 0.1) is 19.8 Å². The molecule has 1 aromatic carbocycles. The number of hydrogen-bond acceptors (Lipinski definition) is 5. The first-order chi connectivity index (χ1) is 9.72. The summed E-state index contributed by atoms with van der Waals surface area (Å²) in [7, 11) is 2.99. The molecule has 1 aromatic heterocycles. The van der Waals surface area contributed by atoms with Gasteiger partial charge in [0.2, 0.25) is 0 Å². The number of esters is 1. The van der Waals surface area contributed by atoms with Crippen LogP contribution in [0.25, 0.3) is 0 Å². The first kappa shape index (κ1) is 13.9. The normalized spacial score (nSPS) is 9.90. The molecule has 0 spiro atoms. The lowest BCUT2D eigenvalue weighted by Gasteiger charge is -2.07. The van der Waals surface area contributed by atoms with E-state index in [1.165, 1.54) is 7.11 Å². The zero-order chi connectivity index (χ0) is 14.4. The van der Waals surface area contributed by atoms with Crippen LogP contribution in [0.5, 0.6) is 5.75 Å². The molecule has 0 radical (unpaired) electrons. The van der Waals surface area contributed by atoms with Crippen LogP contribution in [0.15, 0.2) is 42.6 Å². The summed E-state index contributed by atoms with van der Waals surface area (Å²) in [5.41, 5.74) is 1.57. The van der Waals surface area contributed by atoms with Crippen molar-refractivity contribution in [2.45, 2.75) is 6.54 Å². The molecule has 2 rings (SSSR count). The summed E-state index contributed by atoms with van der Waals surface area (Å²) in [6.07, 6.45) is 1.57. The van der Waals surface area contributed by atoms with Gasteiger partial charge in [0, 0.05) is 12.7 Å². The molecule has 1 heterocycles. The van der Waals surface area contributed by atoms with Gasteiger partial charge in [-0.2, -0.15) is 0 Å². The fourth-order valence-electron chi connectivity index (χ4n) is 1.71. The van der Waals surface area contributed by atoms with Crippen LogP contribution in [-0.4, -0.2) is 25.2 Å².